The minimum absolute atomic E-state index is 0.161. The molecule has 2 aromatic rings. The van der Waals surface area contributed by atoms with Crippen LogP contribution in [0.2, 0.25) is 0 Å². The van der Waals surface area contributed by atoms with Crippen molar-refractivity contribution in [3.8, 4) is 0 Å². The lowest BCUT2D eigenvalue weighted by Crippen LogP contribution is -2.15. The van der Waals surface area contributed by atoms with Crippen molar-refractivity contribution in [3.63, 3.8) is 0 Å². The van der Waals surface area contributed by atoms with E-state index in [2.05, 4.69) is 25.5 Å². The highest BCUT2D eigenvalue weighted by Crippen LogP contribution is 2.16. The summed E-state index contributed by atoms with van der Waals surface area (Å²) >= 11 is 2.50. The molecule has 0 fully saturated rings. The first-order chi connectivity index (χ1) is 9.02. The smallest absolute Gasteiger partial charge is 0.310 e. The van der Waals surface area contributed by atoms with Gasteiger partial charge in [-0.1, -0.05) is 23.1 Å². The first-order valence-corrected chi connectivity index (χ1v) is 7.14. The lowest BCUT2D eigenvalue weighted by atomic mass is 10.5. The normalized spacial score (nSPS) is 10.4. The number of aryl methyl sites for hydroxylation is 2. The third-order valence-corrected chi connectivity index (χ3v) is 3.64. The van der Waals surface area contributed by atoms with Crippen LogP contribution in [0.5, 0.6) is 0 Å². The molecule has 0 aliphatic rings. The highest BCUT2D eigenvalue weighted by molar-refractivity contribution is 7.99. The van der Waals surface area contributed by atoms with E-state index in [4.69, 9.17) is 0 Å². The summed E-state index contributed by atoms with van der Waals surface area (Å²) in [5, 5.41) is 12.0. The standard InChI is InChI=1S/C10H11N5O2S2/c1-5-3-8(13-9(17)11-5)18-4-7(16)12-10-15-14-6(2)19-10/h3H,4H2,1-2H3,(H,11,13,17)(H,12,15,16). The summed E-state index contributed by atoms with van der Waals surface area (Å²) < 4.78 is 0. The van der Waals surface area contributed by atoms with E-state index in [1.807, 2.05) is 6.92 Å². The van der Waals surface area contributed by atoms with Crippen LogP contribution in [0.15, 0.2) is 15.9 Å². The SMILES string of the molecule is Cc1cc(SCC(=O)Nc2nnc(C)s2)nc(=O)[nH]1. The molecule has 19 heavy (non-hydrogen) atoms. The van der Waals surface area contributed by atoms with Crippen LogP contribution in [-0.4, -0.2) is 31.8 Å². The van der Waals surface area contributed by atoms with Gasteiger partial charge in [0.25, 0.3) is 0 Å². The van der Waals surface area contributed by atoms with Crippen LogP contribution in [0, 0.1) is 13.8 Å². The Bertz CT molecular complexity index is 651. The molecule has 100 valence electrons. The third kappa shape index (κ3) is 4.14. The number of H-pyrrole nitrogens is 1. The number of thioether (sulfide) groups is 1. The topological polar surface area (TPSA) is 101 Å². The summed E-state index contributed by atoms with van der Waals surface area (Å²) in [5.41, 5.74) is 0.297. The second kappa shape index (κ2) is 5.93. The van der Waals surface area contributed by atoms with Crippen LogP contribution in [0.4, 0.5) is 5.13 Å². The Morgan fingerprint density at radius 3 is 2.89 bits per heavy atom. The van der Waals surface area contributed by atoms with Crippen LogP contribution in [0.3, 0.4) is 0 Å². The molecule has 0 spiro atoms. The van der Waals surface area contributed by atoms with Crippen molar-refractivity contribution < 1.29 is 4.79 Å². The number of nitrogens with one attached hydrogen (secondary N) is 2. The van der Waals surface area contributed by atoms with Gasteiger partial charge in [0, 0.05) is 5.69 Å². The predicted octanol–water partition coefficient (Wildman–Crippen LogP) is 0.969. The van der Waals surface area contributed by atoms with Crippen molar-refractivity contribution >= 4 is 34.1 Å². The number of carbonyl (C=O) groups is 1. The van der Waals surface area contributed by atoms with Gasteiger partial charge < -0.3 is 4.98 Å². The van der Waals surface area contributed by atoms with Gasteiger partial charge in [0.15, 0.2) is 0 Å². The Balaban J connectivity index is 1.91. The number of nitrogens with zero attached hydrogens (tertiary/aromatic N) is 3. The van der Waals surface area contributed by atoms with Crippen LogP contribution in [-0.2, 0) is 4.79 Å². The molecule has 0 radical (unpaired) electrons. The van der Waals surface area contributed by atoms with Gasteiger partial charge in [0.05, 0.1) is 5.75 Å². The molecule has 7 nitrogen and oxygen atoms in total. The highest BCUT2D eigenvalue weighted by atomic mass is 32.2. The number of hydrogen-bond donors (Lipinski definition) is 2. The summed E-state index contributed by atoms with van der Waals surface area (Å²) in [6.45, 7) is 3.57. The Morgan fingerprint density at radius 1 is 1.47 bits per heavy atom. The number of carbonyl (C=O) groups excluding carboxylic acids is 1. The van der Waals surface area contributed by atoms with Crippen molar-refractivity contribution in [2.45, 2.75) is 18.9 Å². The molecule has 2 rings (SSSR count). The Morgan fingerprint density at radius 2 is 2.26 bits per heavy atom. The zero-order valence-corrected chi connectivity index (χ0v) is 11.9. The summed E-state index contributed by atoms with van der Waals surface area (Å²) in [7, 11) is 0. The third-order valence-electron chi connectivity index (χ3n) is 1.98. The van der Waals surface area contributed by atoms with Crippen LogP contribution in [0.1, 0.15) is 10.7 Å². The van der Waals surface area contributed by atoms with E-state index < -0.39 is 5.69 Å². The van der Waals surface area contributed by atoms with E-state index in [-0.39, 0.29) is 11.7 Å². The van der Waals surface area contributed by atoms with Crippen molar-refractivity contribution in [1.82, 2.24) is 20.2 Å². The summed E-state index contributed by atoms with van der Waals surface area (Å²) in [6.07, 6.45) is 0. The van der Waals surface area contributed by atoms with Gasteiger partial charge in [0.1, 0.15) is 10.0 Å². The van der Waals surface area contributed by atoms with Gasteiger partial charge in [0.2, 0.25) is 11.0 Å². The minimum atomic E-state index is -0.414. The van der Waals surface area contributed by atoms with Gasteiger partial charge in [-0.3, -0.25) is 10.1 Å². The average Bonchev–Trinajstić information content (AvgIpc) is 2.71. The van der Waals surface area contributed by atoms with Gasteiger partial charge in [-0.15, -0.1) is 10.2 Å². The molecular weight excluding hydrogens is 286 g/mol. The molecule has 1 amide bonds. The lowest BCUT2D eigenvalue weighted by molar-refractivity contribution is -0.113. The molecule has 0 unspecified atom stereocenters. The predicted molar refractivity (Wildman–Crippen MR) is 73.6 cm³/mol. The fourth-order valence-corrected chi connectivity index (χ4v) is 2.63. The molecule has 9 heteroatoms. The number of aromatic amines is 1. The largest absolute Gasteiger partial charge is 0.346 e. The molecule has 2 heterocycles. The van der Waals surface area contributed by atoms with Crippen molar-refractivity contribution in [2.24, 2.45) is 0 Å². The van der Waals surface area contributed by atoms with Gasteiger partial charge in [-0.25, -0.2) is 4.79 Å². The number of anilines is 1. The van der Waals surface area contributed by atoms with Crippen LogP contribution >= 0.6 is 23.1 Å². The quantitative estimate of drug-likeness (QED) is 0.644. The first-order valence-electron chi connectivity index (χ1n) is 5.33. The fourth-order valence-electron chi connectivity index (χ4n) is 1.27. The molecule has 0 aliphatic carbocycles. The minimum Gasteiger partial charge on any atom is -0.310 e. The fraction of sp³-hybridized carbons (Fsp3) is 0.300. The maximum atomic E-state index is 11.7. The Hall–Kier alpha value is -1.74. The molecular formula is C10H11N5O2S2. The first kappa shape index (κ1) is 13.7. The van der Waals surface area contributed by atoms with Crippen molar-refractivity contribution in [3.05, 3.63) is 27.3 Å². The maximum Gasteiger partial charge on any atom is 0.346 e. The molecule has 0 aromatic carbocycles. The molecule has 0 aliphatic heterocycles. The molecule has 2 N–H and O–H groups in total. The van der Waals surface area contributed by atoms with E-state index in [0.29, 0.717) is 15.9 Å². The number of aromatic nitrogens is 4. The zero-order valence-electron chi connectivity index (χ0n) is 10.3. The number of hydrogen-bond acceptors (Lipinski definition) is 7. The van der Waals surface area contributed by atoms with E-state index >= 15 is 0 Å². The Labute approximate surface area is 116 Å². The summed E-state index contributed by atoms with van der Waals surface area (Å²) in [5.74, 6) is -0.0463. The molecule has 0 saturated carbocycles. The summed E-state index contributed by atoms with van der Waals surface area (Å²) in [6, 6.07) is 1.72. The molecule has 2 aromatic heterocycles. The monoisotopic (exact) mass is 297 g/mol. The second-order valence-corrected chi connectivity index (χ2v) is 5.85. The number of amides is 1. The Kier molecular flexibility index (Phi) is 4.27. The van der Waals surface area contributed by atoms with E-state index in [9.17, 15) is 9.59 Å². The molecule has 0 bridgehead atoms. The zero-order chi connectivity index (χ0) is 13.8. The lowest BCUT2D eigenvalue weighted by Gasteiger charge is -2.01. The maximum absolute atomic E-state index is 11.7. The molecule has 0 atom stereocenters. The van der Waals surface area contributed by atoms with Gasteiger partial charge in [-0.05, 0) is 19.9 Å². The second-order valence-electron chi connectivity index (χ2n) is 3.67. The average molecular weight is 297 g/mol. The van der Waals surface area contributed by atoms with Crippen molar-refractivity contribution in [2.75, 3.05) is 11.1 Å². The van der Waals surface area contributed by atoms with Crippen molar-refractivity contribution in [1.29, 1.82) is 0 Å². The van der Waals surface area contributed by atoms with Crippen LogP contribution < -0.4 is 11.0 Å². The van der Waals surface area contributed by atoms with Gasteiger partial charge in [-0.2, -0.15) is 4.98 Å². The number of rotatable bonds is 4. The summed E-state index contributed by atoms with van der Waals surface area (Å²) in [4.78, 5) is 29.1. The van der Waals surface area contributed by atoms with Gasteiger partial charge >= 0.3 is 5.69 Å². The molecule has 0 saturated heterocycles. The highest BCUT2D eigenvalue weighted by Gasteiger charge is 2.08. The van der Waals surface area contributed by atoms with E-state index in [0.717, 1.165) is 5.01 Å². The van der Waals surface area contributed by atoms with E-state index in [1.165, 1.54) is 23.1 Å². The van der Waals surface area contributed by atoms with E-state index in [1.54, 1.807) is 13.0 Å². The van der Waals surface area contributed by atoms with Crippen LogP contribution in [0.25, 0.3) is 0 Å².